The van der Waals surface area contributed by atoms with Gasteiger partial charge in [-0.05, 0) is 38.3 Å². The summed E-state index contributed by atoms with van der Waals surface area (Å²) in [5.74, 6) is 1.11. The van der Waals surface area contributed by atoms with E-state index < -0.39 is 0 Å². The van der Waals surface area contributed by atoms with Crippen LogP contribution in [0.1, 0.15) is 37.0 Å². The molecule has 1 unspecified atom stereocenters. The van der Waals surface area contributed by atoms with Crippen LogP contribution in [0.25, 0.3) is 0 Å². The molecule has 0 aliphatic heterocycles. The van der Waals surface area contributed by atoms with Crippen LogP contribution in [0, 0.1) is 26.7 Å². The van der Waals surface area contributed by atoms with Gasteiger partial charge in [0.25, 0.3) is 0 Å². The third-order valence-electron chi connectivity index (χ3n) is 3.13. The number of carbonyl (C=O) groups is 1. The fourth-order valence-electron chi connectivity index (χ4n) is 1.91. The molecule has 2 heteroatoms. The molecule has 1 aromatic carbocycles. The lowest BCUT2D eigenvalue weighted by Crippen LogP contribution is -2.19. The second-order valence-electron chi connectivity index (χ2n) is 4.79. The highest BCUT2D eigenvalue weighted by atomic mass is 16.5. The Hall–Kier alpha value is -1.31. The largest absolute Gasteiger partial charge is 0.485 e. The lowest BCUT2D eigenvalue weighted by atomic mass is 10.0. The number of hydrogen-bond acceptors (Lipinski definition) is 2. The first-order chi connectivity index (χ1) is 7.95. The van der Waals surface area contributed by atoms with Crippen molar-refractivity contribution in [3.05, 3.63) is 28.8 Å². The van der Waals surface area contributed by atoms with E-state index in [4.69, 9.17) is 4.74 Å². The lowest BCUT2D eigenvalue weighted by Gasteiger charge is -2.14. The van der Waals surface area contributed by atoms with E-state index in [1.807, 2.05) is 27.7 Å². The van der Waals surface area contributed by atoms with Crippen molar-refractivity contribution in [2.75, 3.05) is 6.61 Å². The van der Waals surface area contributed by atoms with Crippen LogP contribution in [0.3, 0.4) is 0 Å². The zero-order valence-electron chi connectivity index (χ0n) is 11.5. The summed E-state index contributed by atoms with van der Waals surface area (Å²) >= 11 is 0. The maximum absolute atomic E-state index is 11.7. The molecule has 94 valence electrons. The number of ether oxygens (including phenoxy) is 1. The van der Waals surface area contributed by atoms with Gasteiger partial charge in [0.05, 0.1) is 0 Å². The average molecular weight is 234 g/mol. The molecule has 0 aliphatic carbocycles. The van der Waals surface area contributed by atoms with Crippen LogP contribution in [0.15, 0.2) is 12.1 Å². The molecule has 0 heterocycles. The van der Waals surface area contributed by atoms with Crippen LogP contribution in [0.5, 0.6) is 5.75 Å². The lowest BCUT2D eigenvalue weighted by molar-refractivity contribution is -0.124. The number of Topliss-reactive ketones (excluding diaryl/α,β-unsaturated/α-hetero) is 1. The molecule has 0 aliphatic rings. The Kier molecular flexibility index (Phi) is 4.73. The minimum absolute atomic E-state index is 0.0843. The average Bonchev–Trinajstić information content (AvgIpc) is 2.26. The summed E-state index contributed by atoms with van der Waals surface area (Å²) < 4.78 is 5.66. The van der Waals surface area contributed by atoms with E-state index in [1.54, 1.807) is 0 Å². The van der Waals surface area contributed by atoms with Crippen LogP contribution >= 0.6 is 0 Å². The van der Waals surface area contributed by atoms with Gasteiger partial charge in [0.2, 0.25) is 0 Å². The summed E-state index contributed by atoms with van der Waals surface area (Å²) in [4.78, 5) is 11.7. The molecule has 0 radical (unpaired) electrons. The molecule has 1 aromatic rings. The van der Waals surface area contributed by atoms with Gasteiger partial charge in [-0.3, -0.25) is 4.79 Å². The fourth-order valence-corrected chi connectivity index (χ4v) is 1.91. The van der Waals surface area contributed by atoms with Crippen molar-refractivity contribution in [1.82, 2.24) is 0 Å². The molecule has 0 fully saturated rings. The Morgan fingerprint density at radius 1 is 1.24 bits per heavy atom. The van der Waals surface area contributed by atoms with Gasteiger partial charge in [-0.15, -0.1) is 0 Å². The monoisotopic (exact) mass is 234 g/mol. The predicted octanol–water partition coefficient (Wildman–Crippen LogP) is 3.61. The van der Waals surface area contributed by atoms with Gasteiger partial charge >= 0.3 is 0 Å². The van der Waals surface area contributed by atoms with Crippen molar-refractivity contribution in [2.24, 2.45) is 5.92 Å². The van der Waals surface area contributed by atoms with Crippen LogP contribution < -0.4 is 4.74 Å². The molecular weight excluding hydrogens is 212 g/mol. The molecule has 2 nitrogen and oxygen atoms in total. The quantitative estimate of drug-likeness (QED) is 0.778. The van der Waals surface area contributed by atoms with Gasteiger partial charge < -0.3 is 4.74 Å². The van der Waals surface area contributed by atoms with Crippen molar-refractivity contribution in [2.45, 2.75) is 41.0 Å². The van der Waals surface area contributed by atoms with Crippen LogP contribution in [0.2, 0.25) is 0 Å². The van der Waals surface area contributed by atoms with E-state index >= 15 is 0 Å². The minimum Gasteiger partial charge on any atom is -0.485 e. The topological polar surface area (TPSA) is 26.3 Å². The maximum atomic E-state index is 11.7. The molecule has 1 atom stereocenters. The molecular formula is C15H22O2. The Labute approximate surface area is 104 Å². The highest BCUT2D eigenvalue weighted by molar-refractivity contribution is 5.82. The molecule has 0 saturated heterocycles. The normalized spacial score (nSPS) is 12.3. The molecule has 0 amide bonds. The number of rotatable bonds is 5. The van der Waals surface area contributed by atoms with Crippen molar-refractivity contribution >= 4 is 5.78 Å². The van der Waals surface area contributed by atoms with E-state index in [0.29, 0.717) is 0 Å². The van der Waals surface area contributed by atoms with E-state index in [0.717, 1.165) is 23.3 Å². The van der Waals surface area contributed by atoms with Gasteiger partial charge in [-0.25, -0.2) is 0 Å². The van der Waals surface area contributed by atoms with Crippen LogP contribution in [-0.2, 0) is 4.79 Å². The molecule has 1 rings (SSSR count). The first-order valence-corrected chi connectivity index (χ1v) is 6.19. The second kappa shape index (κ2) is 5.85. The summed E-state index contributed by atoms with van der Waals surface area (Å²) in [6.45, 7) is 10.2. The minimum atomic E-state index is 0.0843. The van der Waals surface area contributed by atoms with Crippen LogP contribution in [0.4, 0.5) is 0 Å². The highest BCUT2D eigenvalue weighted by Gasteiger charge is 2.13. The Morgan fingerprint density at radius 2 is 1.76 bits per heavy atom. The molecule has 0 N–H and O–H groups in total. The van der Waals surface area contributed by atoms with Crippen molar-refractivity contribution in [1.29, 1.82) is 0 Å². The second-order valence-corrected chi connectivity index (χ2v) is 4.79. The molecule has 0 saturated carbocycles. The smallest absolute Gasteiger partial charge is 0.172 e. The molecule has 0 spiro atoms. The number of hydrogen-bond donors (Lipinski definition) is 0. The third kappa shape index (κ3) is 3.58. The zero-order valence-corrected chi connectivity index (χ0v) is 11.5. The van der Waals surface area contributed by atoms with E-state index in [-0.39, 0.29) is 18.3 Å². The Morgan fingerprint density at radius 3 is 2.24 bits per heavy atom. The predicted molar refractivity (Wildman–Crippen MR) is 70.6 cm³/mol. The summed E-state index contributed by atoms with van der Waals surface area (Å²) in [5, 5.41) is 0. The Bertz CT molecular complexity index is 384. The first-order valence-electron chi connectivity index (χ1n) is 6.19. The number of aryl methyl sites for hydroxylation is 3. The number of carbonyl (C=O) groups excluding carboxylic acids is 1. The van der Waals surface area contributed by atoms with Crippen molar-refractivity contribution < 1.29 is 9.53 Å². The van der Waals surface area contributed by atoms with Crippen LogP contribution in [-0.4, -0.2) is 12.4 Å². The first kappa shape index (κ1) is 13.8. The zero-order chi connectivity index (χ0) is 13.0. The Balaban J connectivity index is 2.73. The summed E-state index contributed by atoms with van der Waals surface area (Å²) in [7, 11) is 0. The van der Waals surface area contributed by atoms with Gasteiger partial charge in [-0.1, -0.05) is 31.5 Å². The number of ketones is 1. The van der Waals surface area contributed by atoms with E-state index in [1.165, 1.54) is 5.56 Å². The highest BCUT2D eigenvalue weighted by Crippen LogP contribution is 2.24. The molecule has 0 bridgehead atoms. The van der Waals surface area contributed by atoms with E-state index in [2.05, 4.69) is 19.1 Å². The van der Waals surface area contributed by atoms with Gasteiger partial charge in [0.15, 0.2) is 5.78 Å². The standard InChI is InChI=1S/C15H22O2/c1-6-11(3)14(16)9-17-15-12(4)7-10(2)8-13(15)5/h7-8,11H,6,9H2,1-5H3. The number of benzene rings is 1. The molecule has 0 aromatic heterocycles. The van der Waals surface area contributed by atoms with Gasteiger partial charge in [0.1, 0.15) is 12.4 Å². The summed E-state index contributed by atoms with van der Waals surface area (Å²) in [5.41, 5.74) is 3.42. The SMILES string of the molecule is CCC(C)C(=O)COc1c(C)cc(C)cc1C. The molecule has 17 heavy (non-hydrogen) atoms. The van der Waals surface area contributed by atoms with E-state index in [9.17, 15) is 4.79 Å². The van der Waals surface area contributed by atoms with Gasteiger partial charge in [0, 0.05) is 5.92 Å². The van der Waals surface area contributed by atoms with Crippen molar-refractivity contribution in [3.63, 3.8) is 0 Å². The third-order valence-corrected chi connectivity index (χ3v) is 3.13. The van der Waals surface area contributed by atoms with Gasteiger partial charge in [-0.2, -0.15) is 0 Å². The maximum Gasteiger partial charge on any atom is 0.172 e. The summed E-state index contributed by atoms with van der Waals surface area (Å²) in [6, 6.07) is 4.16. The van der Waals surface area contributed by atoms with Crippen molar-refractivity contribution in [3.8, 4) is 5.75 Å². The fraction of sp³-hybridized carbons (Fsp3) is 0.533. The summed E-state index contributed by atoms with van der Waals surface area (Å²) in [6.07, 6.45) is 0.869.